The first-order valence-corrected chi connectivity index (χ1v) is 8.52. The van der Waals surface area contributed by atoms with E-state index >= 15 is 0 Å². The molecule has 6 nitrogen and oxygen atoms in total. The van der Waals surface area contributed by atoms with Crippen molar-refractivity contribution in [2.24, 2.45) is 0 Å². The maximum atomic E-state index is 12.4. The minimum atomic E-state index is -0.612. The van der Waals surface area contributed by atoms with Crippen LogP contribution in [0.5, 0.6) is 5.75 Å². The van der Waals surface area contributed by atoms with Crippen molar-refractivity contribution in [2.45, 2.75) is 6.92 Å². The summed E-state index contributed by atoms with van der Waals surface area (Å²) in [6.07, 6.45) is 0. The van der Waals surface area contributed by atoms with Gasteiger partial charge in [0.1, 0.15) is 5.75 Å². The Morgan fingerprint density at radius 3 is 2.70 bits per heavy atom. The van der Waals surface area contributed by atoms with Crippen LogP contribution in [-0.2, 0) is 9.53 Å². The number of methoxy groups -OCH3 is 1. The Bertz CT molecular complexity index is 1020. The predicted octanol–water partition coefficient (Wildman–Crippen LogP) is 4.00. The maximum absolute atomic E-state index is 12.4. The number of aromatic nitrogens is 1. The molecule has 7 heteroatoms. The molecule has 0 unspecified atom stereocenters. The zero-order valence-electron chi connectivity index (χ0n) is 14.8. The summed E-state index contributed by atoms with van der Waals surface area (Å²) in [5.74, 6) is -0.386. The van der Waals surface area contributed by atoms with Crippen molar-refractivity contribution in [3.05, 3.63) is 64.8 Å². The van der Waals surface area contributed by atoms with Crippen LogP contribution >= 0.6 is 11.6 Å². The molecular weight excluding hydrogens is 368 g/mol. The van der Waals surface area contributed by atoms with Crippen molar-refractivity contribution in [2.75, 3.05) is 19.0 Å². The number of rotatable bonds is 5. The predicted molar refractivity (Wildman–Crippen MR) is 103 cm³/mol. The molecule has 3 aromatic rings. The van der Waals surface area contributed by atoms with Gasteiger partial charge in [-0.3, -0.25) is 9.78 Å². The Morgan fingerprint density at radius 2 is 1.96 bits per heavy atom. The van der Waals surface area contributed by atoms with Gasteiger partial charge in [-0.05, 0) is 43.3 Å². The number of amides is 1. The van der Waals surface area contributed by atoms with Gasteiger partial charge in [-0.15, -0.1) is 0 Å². The van der Waals surface area contributed by atoms with Gasteiger partial charge in [-0.25, -0.2) is 4.79 Å². The van der Waals surface area contributed by atoms with Gasteiger partial charge < -0.3 is 14.8 Å². The standard InChI is InChI=1S/C20H17ClN2O4/c1-12-17(8-13-6-7-16(26-2)10-18(13)22-12)20(25)27-11-19(24)23-15-5-3-4-14(21)9-15/h3-10H,11H2,1-2H3,(H,23,24). The zero-order chi connectivity index (χ0) is 19.4. The number of nitrogens with one attached hydrogen (secondary N) is 1. The summed E-state index contributed by atoms with van der Waals surface area (Å²) in [6, 6.07) is 13.8. The fourth-order valence-corrected chi connectivity index (χ4v) is 2.74. The van der Waals surface area contributed by atoms with Gasteiger partial charge in [0.25, 0.3) is 5.91 Å². The van der Waals surface area contributed by atoms with E-state index in [1.165, 1.54) is 0 Å². The number of carbonyl (C=O) groups excluding carboxylic acids is 2. The lowest BCUT2D eigenvalue weighted by Gasteiger charge is -2.09. The van der Waals surface area contributed by atoms with Gasteiger partial charge in [0, 0.05) is 22.2 Å². The summed E-state index contributed by atoms with van der Waals surface area (Å²) < 4.78 is 10.3. The normalized spacial score (nSPS) is 10.5. The molecular formula is C20H17ClN2O4. The van der Waals surface area contributed by atoms with Crippen LogP contribution in [0.3, 0.4) is 0 Å². The Kier molecular flexibility index (Phi) is 5.57. The minimum absolute atomic E-state index is 0.309. The van der Waals surface area contributed by atoms with Gasteiger partial charge in [0.15, 0.2) is 6.61 Å². The van der Waals surface area contributed by atoms with Crippen LogP contribution in [0.4, 0.5) is 5.69 Å². The smallest absolute Gasteiger partial charge is 0.340 e. The van der Waals surface area contributed by atoms with E-state index in [0.717, 1.165) is 5.39 Å². The summed E-state index contributed by atoms with van der Waals surface area (Å²) in [5, 5.41) is 3.89. The number of ether oxygens (including phenoxy) is 2. The maximum Gasteiger partial charge on any atom is 0.340 e. The first kappa shape index (κ1) is 18.7. The molecule has 0 fully saturated rings. The highest BCUT2D eigenvalue weighted by Crippen LogP contribution is 2.22. The lowest BCUT2D eigenvalue weighted by molar-refractivity contribution is -0.119. The monoisotopic (exact) mass is 384 g/mol. The number of hydrogen-bond acceptors (Lipinski definition) is 5. The molecule has 1 aromatic heterocycles. The summed E-state index contributed by atoms with van der Waals surface area (Å²) >= 11 is 5.87. The number of pyridine rings is 1. The number of hydrogen-bond donors (Lipinski definition) is 1. The van der Waals surface area contributed by atoms with Crippen molar-refractivity contribution < 1.29 is 19.1 Å². The summed E-state index contributed by atoms with van der Waals surface area (Å²) in [4.78, 5) is 28.7. The third-order valence-corrected chi connectivity index (χ3v) is 4.11. The van der Waals surface area contributed by atoms with E-state index in [9.17, 15) is 9.59 Å². The molecule has 0 aliphatic heterocycles. The third kappa shape index (κ3) is 4.54. The van der Waals surface area contributed by atoms with E-state index in [0.29, 0.717) is 33.2 Å². The zero-order valence-corrected chi connectivity index (χ0v) is 15.5. The molecule has 0 spiro atoms. The Hall–Kier alpha value is -3.12. The SMILES string of the molecule is COc1ccc2cc(C(=O)OCC(=O)Nc3cccc(Cl)c3)c(C)nc2c1. The lowest BCUT2D eigenvalue weighted by Crippen LogP contribution is -2.21. The molecule has 1 amide bonds. The lowest BCUT2D eigenvalue weighted by atomic mass is 10.1. The van der Waals surface area contributed by atoms with E-state index in [4.69, 9.17) is 21.1 Å². The first-order valence-electron chi connectivity index (χ1n) is 8.14. The molecule has 0 bridgehead atoms. The van der Waals surface area contributed by atoms with Gasteiger partial charge in [0.05, 0.1) is 23.9 Å². The second kappa shape index (κ2) is 8.05. The molecule has 0 saturated carbocycles. The third-order valence-electron chi connectivity index (χ3n) is 3.88. The molecule has 1 heterocycles. The van der Waals surface area contributed by atoms with Gasteiger partial charge in [0.2, 0.25) is 0 Å². The number of halogens is 1. The molecule has 0 radical (unpaired) electrons. The van der Waals surface area contributed by atoms with E-state index in [1.54, 1.807) is 56.5 Å². The molecule has 0 aliphatic rings. The highest BCUT2D eigenvalue weighted by Gasteiger charge is 2.15. The summed E-state index contributed by atoms with van der Waals surface area (Å²) in [6.45, 7) is 1.30. The highest BCUT2D eigenvalue weighted by atomic mass is 35.5. The number of esters is 1. The van der Waals surface area contributed by atoms with Crippen LogP contribution in [0, 0.1) is 6.92 Å². The number of benzene rings is 2. The van der Waals surface area contributed by atoms with Crippen molar-refractivity contribution in [1.82, 2.24) is 4.98 Å². The quantitative estimate of drug-likeness (QED) is 0.673. The summed E-state index contributed by atoms with van der Waals surface area (Å²) in [5.41, 5.74) is 2.06. The van der Waals surface area contributed by atoms with Crippen molar-refractivity contribution in [1.29, 1.82) is 0 Å². The van der Waals surface area contributed by atoms with Crippen LogP contribution in [0.2, 0.25) is 5.02 Å². The van der Waals surface area contributed by atoms with Crippen LogP contribution in [0.15, 0.2) is 48.5 Å². The van der Waals surface area contributed by atoms with Crippen LogP contribution < -0.4 is 10.1 Å². The van der Waals surface area contributed by atoms with Gasteiger partial charge in [-0.1, -0.05) is 17.7 Å². The molecule has 0 aliphatic carbocycles. The minimum Gasteiger partial charge on any atom is -0.497 e. The second-order valence-corrected chi connectivity index (χ2v) is 6.25. The molecule has 1 N–H and O–H groups in total. The van der Waals surface area contributed by atoms with Crippen molar-refractivity contribution >= 4 is 40.1 Å². The van der Waals surface area contributed by atoms with Crippen molar-refractivity contribution in [3.8, 4) is 5.75 Å². The second-order valence-electron chi connectivity index (χ2n) is 5.81. The molecule has 138 valence electrons. The highest BCUT2D eigenvalue weighted by molar-refractivity contribution is 6.30. The molecule has 27 heavy (non-hydrogen) atoms. The molecule has 0 saturated heterocycles. The van der Waals surface area contributed by atoms with Gasteiger partial charge >= 0.3 is 5.97 Å². The van der Waals surface area contributed by atoms with E-state index in [-0.39, 0.29) is 0 Å². The average Bonchev–Trinajstić information content (AvgIpc) is 2.65. The number of nitrogens with zero attached hydrogens (tertiary/aromatic N) is 1. The fourth-order valence-electron chi connectivity index (χ4n) is 2.55. The van der Waals surface area contributed by atoms with Crippen LogP contribution in [-0.4, -0.2) is 30.6 Å². The largest absolute Gasteiger partial charge is 0.497 e. The molecule has 2 aromatic carbocycles. The number of carbonyl (C=O) groups is 2. The van der Waals surface area contributed by atoms with Crippen LogP contribution in [0.25, 0.3) is 10.9 Å². The van der Waals surface area contributed by atoms with E-state index < -0.39 is 18.5 Å². The Labute approximate surface area is 161 Å². The topological polar surface area (TPSA) is 77.5 Å². The molecule has 3 rings (SSSR count). The number of fused-ring (bicyclic) bond motifs is 1. The van der Waals surface area contributed by atoms with E-state index in [1.807, 2.05) is 6.07 Å². The first-order chi connectivity index (χ1) is 13.0. The Morgan fingerprint density at radius 1 is 1.15 bits per heavy atom. The number of aryl methyl sites for hydroxylation is 1. The van der Waals surface area contributed by atoms with Gasteiger partial charge in [-0.2, -0.15) is 0 Å². The van der Waals surface area contributed by atoms with Crippen molar-refractivity contribution in [3.63, 3.8) is 0 Å². The number of anilines is 1. The average molecular weight is 385 g/mol. The van der Waals surface area contributed by atoms with Crippen LogP contribution in [0.1, 0.15) is 16.1 Å². The summed E-state index contributed by atoms with van der Waals surface area (Å²) in [7, 11) is 1.58. The molecule has 0 atom stereocenters. The van der Waals surface area contributed by atoms with E-state index in [2.05, 4.69) is 10.3 Å². The Balaban J connectivity index is 1.68. The fraction of sp³-hybridized carbons (Fsp3) is 0.150.